The molecule has 0 radical (unpaired) electrons. The molecule has 4 aromatic carbocycles. The topological polar surface area (TPSA) is 119 Å². The van der Waals surface area contributed by atoms with Gasteiger partial charge in [0.1, 0.15) is 18.4 Å². The SMILES string of the molecule is COC(=O)[C@H](Cc1ccc(-c2ccc(C#N)cc2)cc1)NC(=O)C1Cc2cc3c(cc2CN1)O[C@@H](c1ccc(OCC2CCCC2)cc1)CO3. The summed E-state index contributed by atoms with van der Waals surface area (Å²) in [4.78, 5) is 26.2. The van der Waals surface area contributed by atoms with E-state index in [0.717, 1.165) is 45.7 Å². The number of nitrogens with zero attached hydrogens (tertiary/aromatic N) is 1. The van der Waals surface area contributed by atoms with Crippen LogP contribution in [0.25, 0.3) is 11.1 Å². The number of hydrogen-bond acceptors (Lipinski definition) is 8. The molecule has 0 bridgehead atoms. The molecule has 1 saturated carbocycles. The van der Waals surface area contributed by atoms with E-state index in [1.165, 1.54) is 32.8 Å². The Hall–Kier alpha value is -5.33. The molecule has 3 aliphatic rings. The third kappa shape index (κ3) is 7.61. The first-order valence-corrected chi connectivity index (χ1v) is 17.3. The molecule has 256 valence electrons. The molecule has 0 spiro atoms. The average molecular weight is 672 g/mol. The Bertz CT molecular complexity index is 1860. The number of carbonyl (C=O) groups is 2. The predicted molar refractivity (Wildman–Crippen MR) is 188 cm³/mol. The Morgan fingerprint density at radius 3 is 2.34 bits per heavy atom. The van der Waals surface area contributed by atoms with Crippen LogP contribution in [0.15, 0.2) is 84.9 Å². The molecule has 1 aliphatic carbocycles. The van der Waals surface area contributed by atoms with Crippen molar-refractivity contribution in [2.24, 2.45) is 5.92 Å². The van der Waals surface area contributed by atoms with E-state index >= 15 is 0 Å². The smallest absolute Gasteiger partial charge is 0.328 e. The third-order valence-electron chi connectivity index (χ3n) is 9.96. The van der Waals surface area contributed by atoms with Gasteiger partial charge in [0.2, 0.25) is 5.91 Å². The maximum absolute atomic E-state index is 13.5. The molecule has 2 heterocycles. The van der Waals surface area contributed by atoms with Crippen molar-refractivity contribution in [1.29, 1.82) is 5.26 Å². The van der Waals surface area contributed by atoms with Gasteiger partial charge in [-0.15, -0.1) is 0 Å². The second-order valence-electron chi connectivity index (χ2n) is 13.3. The second kappa shape index (κ2) is 15.1. The van der Waals surface area contributed by atoms with E-state index in [4.69, 9.17) is 24.2 Å². The number of carbonyl (C=O) groups excluding carboxylic acids is 2. The summed E-state index contributed by atoms with van der Waals surface area (Å²) in [7, 11) is 1.32. The van der Waals surface area contributed by atoms with Gasteiger partial charge in [0, 0.05) is 13.0 Å². The lowest BCUT2D eigenvalue weighted by molar-refractivity contribution is -0.145. The molecule has 1 amide bonds. The zero-order valence-electron chi connectivity index (χ0n) is 28.2. The Morgan fingerprint density at radius 1 is 0.940 bits per heavy atom. The van der Waals surface area contributed by atoms with Crippen molar-refractivity contribution in [2.75, 3.05) is 20.3 Å². The minimum absolute atomic E-state index is 0.234. The van der Waals surface area contributed by atoms with E-state index < -0.39 is 18.1 Å². The number of hydrogen-bond donors (Lipinski definition) is 2. The highest BCUT2D eigenvalue weighted by Gasteiger charge is 2.31. The highest BCUT2D eigenvalue weighted by Crippen LogP contribution is 2.40. The Balaban J connectivity index is 0.954. The van der Waals surface area contributed by atoms with E-state index in [1.807, 2.05) is 72.8 Å². The molecule has 9 nitrogen and oxygen atoms in total. The Labute approximate surface area is 292 Å². The van der Waals surface area contributed by atoms with Crippen LogP contribution in [0.5, 0.6) is 17.2 Å². The van der Waals surface area contributed by atoms with E-state index in [9.17, 15) is 9.59 Å². The summed E-state index contributed by atoms with van der Waals surface area (Å²) >= 11 is 0. The number of nitrogens with one attached hydrogen (secondary N) is 2. The van der Waals surface area contributed by atoms with Crippen LogP contribution in [-0.2, 0) is 33.7 Å². The number of methoxy groups -OCH3 is 1. The monoisotopic (exact) mass is 671 g/mol. The number of fused-ring (bicyclic) bond motifs is 2. The van der Waals surface area contributed by atoms with Gasteiger partial charge in [-0.05, 0) is 95.0 Å². The zero-order chi connectivity index (χ0) is 34.5. The minimum atomic E-state index is -0.846. The predicted octanol–water partition coefficient (Wildman–Crippen LogP) is 6.22. The van der Waals surface area contributed by atoms with E-state index in [-0.39, 0.29) is 18.4 Å². The largest absolute Gasteiger partial charge is 0.493 e. The summed E-state index contributed by atoms with van der Waals surface area (Å²) in [5, 5.41) is 15.3. The van der Waals surface area contributed by atoms with Crippen molar-refractivity contribution in [2.45, 2.75) is 63.3 Å². The first-order chi connectivity index (χ1) is 24.4. The molecule has 7 rings (SSSR count). The van der Waals surface area contributed by atoms with Gasteiger partial charge in [-0.1, -0.05) is 61.4 Å². The first kappa shape index (κ1) is 33.2. The summed E-state index contributed by atoms with van der Waals surface area (Å²) < 4.78 is 23.6. The molecule has 2 N–H and O–H groups in total. The van der Waals surface area contributed by atoms with Gasteiger partial charge in [0.25, 0.3) is 0 Å². The lowest BCUT2D eigenvalue weighted by atomic mass is 9.94. The van der Waals surface area contributed by atoms with Crippen LogP contribution in [0.1, 0.15) is 59.6 Å². The fourth-order valence-electron chi connectivity index (χ4n) is 7.02. The molecule has 3 atom stereocenters. The van der Waals surface area contributed by atoms with Gasteiger partial charge in [-0.3, -0.25) is 4.79 Å². The maximum atomic E-state index is 13.5. The van der Waals surface area contributed by atoms with Crippen LogP contribution >= 0.6 is 0 Å². The molecule has 2 aliphatic heterocycles. The molecule has 1 fully saturated rings. The average Bonchev–Trinajstić information content (AvgIpc) is 3.70. The van der Waals surface area contributed by atoms with Gasteiger partial charge in [0.15, 0.2) is 17.6 Å². The van der Waals surface area contributed by atoms with Crippen molar-refractivity contribution in [3.05, 3.63) is 113 Å². The van der Waals surface area contributed by atoms with Gasteiger partial charge < -0.3 is 29.6 Å². The molecule has 4 aromatic rings. The van der Waals surface area contributed by atoms with Gasteiger partial charge in [-0.25, -0.2) is 4.79 Å². The number of rotatable bonds is 10. The van der Waals surface area contributed by atoms with Crippen LogP contribution < -0.4 is 24.8 Å². The van der Waals surface area contributed by atoms with Crippen LogP contribution in [0, 0.1) is 17.2 Å². The summed E-state index contributed by atoms with van der Waals surface area (Å²) in [5.74, 6) is 2.11. The first-order valence-electron chi connectivity index (χ1n) is 17.3. The molecular weight excluding hydrogens is 630 g/mol. The van der Waals surface area contributed by atoms with Crippen molar-refractivity contribution in [1.82, 2.24) is 10.6 Å². The van der Waals surface area contributed by atoms with Gasteiger partial charge in [0.05, 0.1) is 31.4 Å². The van der Waals surface area contributed by atoms with E-state index in [0.29, 0.717) is 42.6 Å². The third-order valence-corrected chi connectivity index (χ3v) is 9.96. The van der Waals surface area contributed by atoms with Crippen LogP contribution in [0.2, 0.25) is 0 Å². The Morgan fingerprint density at radius 2 is 1.64 bits per heavy atom. The Kier molecular flexibility index (Phi) is 9.99. The molecular formula is C41H41N3O6. The van der Waals surface area contributed by atoms with Crippen LogP contribution in [-0.4, -0.2) is 44.3 Å². The van der Waals surface area contributed by atoms with E-state index in [2.05, 4.69) is 16.7 Å². The normalized spacial score (nSPS) is 18.7. The molecule has 0 aromatic heterocycles. The van der Waals surface area contributed by atoms with Gasteiger partial charge in [-0.2, -0.15) is 5.26 Å². The second-order valence-corrected chi connectivity index (χ2v) is 13.3. The quantitative estimate of drug-likeness (QED) is 0.191. The molecule has 1 unspecified atom stereocenters. The highest BCUT2D eigenvalue weighted by molar-refractivity contribution is 5.88. The fraction of sp³-hybridized carbons (Fsp3) is 0.341. The number of ether oxygens (including phenoxy) is 4. The lowest BCUT2D eigenvalue weighted by Gasteiger charge is -2.31. The standard InChI is InChI=1S/C41H41N3O6/c1-47-41(46)36(18-26-6-10-29(11-7-26)30-12-8-27(22-42)9-13-30)44-40(45)35-19-32-20-37-38(21-33(32)23-43-35)50-39(25-49-37)31-14-16-34(17-15-31)48-24-28-4-2-3-5-28/h6-17,20-21,28,35-36,39,43H,2-5,18-19,23-25H2,1H3,(H,44,45)/t35?,36-,39+/m0/s1. The zero-order valence-corrected chi connectivity index (χ0v) is 28.2. The van der Waals surface area contributed by atoms with E-state index in [1.54, 1.807) is 12.1 Å². The summed E-state index contributed by atoms with van der Waals surface area (Å²) in [5.41, 5.74) is 6.53. The number of amides is 1. The van der Waals surface area contributed by atoms with Crippen molar-refractivity contribution >= 4 is 11.9 Å². The molecule has 50 heavy (non-hydrogen) atoms. The van der Waals surface area contributed by atoms with Crippen molar-refractivity contribution in [3.8, 4) is 34.4 Å². The van der Waals surface area contributed by atoms with Crippen molar-refractivity contribution < 1.29 is 28.5 Å². The number of esters is 1. The van der Waals surface area contributed by atoms with Crippen molar-refractivity contribution in [3.63, 3.8) is 0 Å². The summed E-state index contributed by atoms with van der Waals surface area (Å²) in [6.45, 7) is 1.63. The minimum Gasteiger partial charge on any atom is -0.493 e. The lowest BCUT2D eigenvalue weighted by Crippen LogP contribution is -2.53. The maximum Gasteiger partial charge on any atom is 0.328 e. The van der Waals surface area contributed by atoms with Crippen LogP contribution in [0.4, 0.5) is 0 Å². The van der Waals surface area contributed by atoms with Crippen LogP contribution in [0.3, 0.4) is 0 Å². The number of benzene rings is 4. The number of nitriles is 1. The fourth-order valence-corrected chi connectivity index (χ4v) is 7.02. The highest BCUT2D eigenvalue weighted by atomic mass is 16.6. The molecule has 0 saturated heterocycles. The summed E-state index contributed by atoms with van der Waals surface area (Å²) in [6.07, 6.45) is 5.62. The molecule has 9 heteroatoms. The summed E-state index contributed by atoms with van der Waals surface area (Å²) in [6, 6.07) is 28.0. The van der Waals surface area contributed by atoms with Gasteiger partial charge >= 0.3 is 5.97 Å².